The maximum absolute atomic E-state index is 12.3. The van der Waals surface area contributed by atoms with Gasteiger partial charge in [0.25, 0.3) is 5.91 Å². The summed E-state index contributed by atoms with van der Waals surface area (Å²) in [6.45, 7) is 4.30. The Hall–Kier alpha value is -2.28. The Morgan fingerprint density at radius 1 is 1.26 bits per heavy atom. The minimum Gasteiger partial charge on any atom is -0.497 e. The van der Waals surface area contributed by atoms with E-state index in [1.807, 2.05) is 13.8 Å². The standard InChI is InChI=1S/C16H23NO6/c1-10(2)9-23-13-7-11(21-3)5-6-12(13)15(18)17-8-14(22-4)16(19)20/h5-7,10,14H,8-9H2,1-4H3,(H,17,18)(H,19,20). The minimum absolute atomic E-state index is 0.139. The van der Waals surface area contributed by atoms with Gasteiger partial charge in [-0.15, -0.1) is 0 Å². The van der Waals surface area contributed by atoms with Crippen molar-refractivity contribution in [3.63, 3.8) is 0 Å². The van der Waals surface area contributed by atoms with E-state index in [0.717, 1.165) is 0 Å². The zero-order chi connectivity index (χ0) is 17.4. The fourth-order valence-corrected chi connectivity index (χ4v) is 1.75. The molecule has 2 N–H and O–H groups in total. The zero-order valence-electron chi connectivity index (χ0n) is 13.8. The molecule has 0 fully saturated rings. The summed E-state index contributed by atoms with van der Waals surface area (Å²) < 4.78 is 15.6. The Balaban J connectivity index is 2.87. The molecule has 1 aromatic carbocycles. The van der Waals surface area contributed by atoms with Crippen molar-refractivity contribution in [2.75, 3.05) is 27.4 Å². The third-order valence-corrected chi connectivity index (χ3v) is 3.01. The van der Waals surface area contributed by atoms with Gasteiger partial charge in [-0.2, -0.15) is 0 Å². The monoisotopic (exact) mass is 325 g/mol. The van der Waals surface area contributed by atoms with Gasteiger partial charge in [-0.25, -0.2) is 4.79 Å². The quantitative estimate of drug-likeness (QED) is 0.715. The van der Waals surface area contributed by atoms with E-state index in [1.165, 1.54) is 14.2 Å². The van der Waals surface area contributed by atoms with E-state index < -0.39 is 18.0 Å². The lowest BCUT2D eigenvalue weighted by molar-refractivity contribution is -0.148. The van der Waals surface area contributed by atoms with E-state index >= 15 is 0 Å². The summed E-state index contributed by atoms with van der Waals surface area (Å²) in [6.07, 6.45) is -1.10. The molecule has 0 heterocycles. The number of nitrogens with one attached hydrogen (secondary N) is 1. The Bertz CT molecular complexity index is 543. The Morgan fingerprint density at radius 2 is 1.96 bits per heavy atom. The summed E-state index contributed by atoms with van der Waals surface area (Å²) in [7, 11) is 2.80. The highest BCUT2D eigenvalue weighted by atomic mass is 16.5. The second kappa shape index (κ2) is 8.99. The second-order valence-electron chi connectivity index (χ2n) is 5.34. The molecular weight excluding hydrogens is 302 g/mol. The van der Waals surface area contributed by atoms with Crippen molar-refractivity contribution in [2.24, 2.45) is 5.92 Å². The van der Waals surface area contributed by atoms with Gasteiger partial charge in [0.1, 0.15) is 11.5 Å². The first-order valence-electron chi connectivity index (χ1n) is 7.23. The number of rotatable bonds is 9. The van der Waals surface area contributed by atoms with Gasteiger partial charge in [0.05, 0.1) is 25.8 Å². The second-order valence-corrected chi connectivity index (χ2v) is 5.34. The molecule has 0 spiro atoms. The molecule has 1 unspecified atom stereocenters. The van der Waals surface area contributed by atoms with E-state index in [-0.39, 0.29) is 6.54 Å². The van der Waals surface area contributed by atoms with Crippen LogP contribution < -0.4 is 14.8 Å². The number of carbonyl (C=O) groups is 2. The Labute approximate surface area is 135 Å². The summed E-state index contributed by atoms with van der Waals surface area (Å²) >= 11 is 0. The molecule has 1 rings (SSSR count). The number of carboxylic acid groups (broad SMARTS) is 1. The molecule has 0 aromatic heterocycles. The summed E-state index contributed by atoms with van der Waals surface area (Å²) in [6, 6.07) is 4.84. The van der Waals surface area contributed by atoms with Gasteiger partial charge in [0, 0.05) is 13.2 Å². The number of methoxy groups -OCH3 is 2. The van der Waals surface area contributed by atoms with Gasteiger partial charge >= 0.3 is 5.97 Å². The number of amides is 1. The SMILES string of the molecule is COc1ccc(C(=O)NCC(OC)C(=O)O)c(OCC(C)C)c1. The predicted molar refractivity (Wildman–Crippen MR) is 84.1 cm³/mol. The number of hydrogen-bond donors (Lipinski definition) is 2. The van der Waals surface area contributed by atoms with Crippen LogP contribution in [0.1, 0.15) is 24.2 Å². The van der Waals surface area contributed by atoms with Crippen molar-refractivity contribution in [1.29, 1.82) is 0 Å². The molecule has 7 heteroatoms. The molecule has 1 amide bonds. The Kier molecular flexibility index (Phi) is 7.34. The molecule has 0 aliphatic carbocycles. The highest BCUT2D eigenvalue weighted by molar-refractivity contribution is 5.97. The van der Waals surface area contributed by atoms with Crippen LogP contribution in [0.2, 0.25) is 0 Å². The van der Waals surface area contributed by atoms with Gasteiger partial charge < -0.3 is 24.6 Å². The van der Waals surface area contributed by atoms with Crippen molar-refractivity contribution in [1.82, 2.24) is 5.32 Å². The molecule has 0 saturated heterocycles. The smallest absolute Gasteiger partial charge is 0.334 e. The Morgan fingerprint density at radius 3 is 2.48 bits per heavy atom. The molecule has 0 aliphatic rings. The van der Waals surface area contributed by atoms with Crippen LogP contribution in [0.15, 0.2) is 18.2 Å². The molecule has 7 nitrogen and oxygen atoms in total. The van der Waals surface area contributed by atoms with Gasteiger partial charge in [-0.05, 0) is 18.1 Å². The van der Waals surface area contributed by atoms with Crippen molar-refractivity contribution in [3.05, 3.63) is 23.8 Å². The molecule has 0 saturated carbocycles. The molecular formula is C16H23NO6. The number of benzene rings is 1. The third kappa shape index (κ3) is 5.78. The number of carboxylic acids is 1. The van der Waals surface area contributed by atoms with Gasteiger partial charge in [-0.1, -0.05) is 13.8 Å². The average Bonchev–Trinajstić information content (AvgIpc) is 2.52. The van der Waals surface area contributed by atoms with Crippen molar-refractivity contribution >= 4 is 11.9 Å². The molecule has 128 valence electrons. The topological polar surface area (TPSA) is 94.1 Å². The number of carbonyl (C=O) groups excluding carboxylic acids is 1. The summed E-state index contributed by atoms with van der Waals surface area (Å²) in [5.41, 5.74) is 0.312. The molecule has 1 aromatic rings. The van der Waals surface area contributed by atoms with Gasteiger partial charge in [0.15, 0.2) is 6.10 Å². The van der Waals surface area contributed by atoms with Gasteiger partial charge in [-0.3, -0.25) is 4.79 Å². The molecule has 0 bridgehead atoms. The highest BCUT2D eigenvalue weighted by Crippen LogP contribution is 2.25. The summed E-state index contributed by atoms with van der Waals surface area (Å²) in [5.74, 6) is -0.323. The number of hydrogen-bond acceptors (Lipinski definition) is 5. The van der Waals surface area contributed by atoms with Crippen LogP contribution in [0.3, 0.4) is 0 Å². The molecule has 0 aliphatic heterocycles. The predicted octanol–water partition coefficient (Wildman–Crippen LogP) is 1.56. The van der Waals surface area contributed by atoms with E-state index in [4.69, 9.17) is 19.3 Å². The summed E-state index contributed by atoms with van der Waals surface area (Å²) in [5, 5.41) is 11.4. The van der Waals surface area contributed by atoms with Gasteiger partial charge in [0.2, 0.25) is 0 Å². The highest BCUT2D eigenvalue weighted by Gasteiger charge is 2.20. The average molecular weight is 325 g/mol. The first-order chi connectivity index (χ1) is 10.9. The number of aliphatic carboxylic acids is 1. The van der Waals surface area contributed by atoms with E-state index in [1.54, 1.807) is 18.2 Å². The van der Waals surface area contributed by atoms with Crippen LogP contribution in [0.5, 0.6) is 11.5 Å². The van der Waals surface area contributed by atoms with Crippen LogP contribution in [0, 0.1) is 5.92 Å². The summed E-state index contributed by atoms with van der Waals surface area (Å²) in [4.78, 5) is 23.2. The lowest BCUT2D eigenvalue weighted by Gasteiger charge is -2.15. The lowest BCUT2D eigenvalue weighted by Crippen LogP contribution is -2.38. The van der Waals surface area contributed by atoms with Crippen LogP contribution >= 0.6 is 0 Å². The van der Waals surface area contributed by atoms with Crippen LogP contribution in [-0.2, 0) is 9.53 Å². The van der Waals surface area contributed by atoms with Crippen molar-refractivity contribution in [3.8, 4) is 11.5 Å². The maximum atomic E-state index is 12.3. The van der Waals surface area contributed by atoms with Crippen molar-refractivity contribution in [2.45, 2.75) is 20.0 Å². The molecule has 0 radical (unpaired) electrons. The lowest BCUT2D eigenvalue weighted by atomic mass is 10.1. The van der Waals surface area contributed by atoms with Crippen LogP contribution in [0.4, 0.5) is 0 Å². The normalized spacial score (nSPS) is 11.9. The maximum Gasteiger partial charge on any atom is 0.334 e. The van der Waals surface area contributed by atoms with Crippen LogP contribution in [0.25, 0.3) is 0 Å². The van der Waals surface area contributed by atoms with Crippen molar-refractivity contribution < 1.29 is 28.9 Å². The molecule has 1 atom stereocenters. The minimum atomic E-state index is -1.14. The van der Waals surface area contributed by atoms with E-state index in [2.05, 4.69) is 5.32 Å². The number of ether oxygens (including phenoxy) is 3. The third-order valence-electron chi connectivity index (χ3n) is 3.01. The zero-order valence-corrected chi connectivity index (χ0v) is 13.8. The largest absolute Gasteiger partial charge is 0.497 e. The van der Waals surface area contributed by atoms with Crippen LogP contribution in [-0.4, -0.2) is 50.5 Å². The fraction of sp³-hybridized carbons (Fsp3) is 0.500. The molecule has 23 heavy (non-hydrogen) atoms. The first-order valence-corrected chi connectivity index (χ1v) is 7.23. The first kappa shape index (κ1) is 18.8. The van der Waals surface area contributed by atoms with E-state index in [0.29, 0.717) is 29.6 Å². The van der Waals surface area contributed by atoms with E-state index in [9.17, 15) is 9.59 Å². The fourth-order valence-electron chi connectivity index (χ4n) is 1.75.